The second kappa shape index (κ2) is 9.36. The number of hydrogen-bond donors (Lipinski definition) is 0. The maximum absolute atomic E-state index is 13.8. The Balaban J connectivity index is 1.76. The van der Waals surface area contributed by atoms with Crippen molar-refractivity contribution in [2.24, 2.45) is 0 Å². The van der Waals surface area contributed by atoms with E-state index in [1.165, 1.54) is 0 Å². The summed E-state index contributed by atoms with van der Waals surface area (Å²) in [6, 6.07) is 22.0. The second-order valence-corrected chi connectivity index (χ2v) is 8.34. The SMILES string of the molecule is CCOc1ccc(N2C(=O)CN(c3ccc(C)cc3)C(=O)C2c2ccc(N(C)C)cc2)cc1. The molecular weight excluding hydrogens is 414 g/mol. The van der Waals surface area contributed by atoms with Gasteiger partial charge in [0, 0.05) is 31.2 Å². The second-order valence-electron chi connectivity index (χ2n) is 8.34. The Morgan fingerprint density at radius 2 is 1.48 bits per heavy atom. The highest BCUT2D eigenvalue weighted by Gasteiger charge is 2.41. The number of anilines is 3. The van der Waals surface area contributed by atoms with Crippen LogP contribution in [-0.2, 0) is 9.59 Å². The maximum Gasteiger partial charge on any atom is 0.255 e. The molecule has 6 heteroatoms. The molecular formula is C27H29N3O3. The topological polar surface area (TPSA) is 53.1 Å². The lowest BCUT2D eigenvalue weighted by molar-refractivity contribution is -0.128. The lowest BCUT2D eigenvalue weighted by atomic mass is 9.99. The smallest absolute Gasteiger partial charge is 0.255 e. The van der Waals surface area contributed by atoms with E-state index >= 15 is 0 Å². The summed E-state index contributed by atoms with van der Waals surface area (Å²) in [4.78, 5) is 32.5. The van der Waals surface area contributed by atoms with Gasteiger partial charge < -0.3 is 14.5 Å². The quantitative estimate of drug-likeness (QED) is 0.560. The number of hydrogen-bond acceptors (Lipinski definition) is 4. The fraction of sp³-hybridized carbons (Fsp3) is 0.259. The molecule has 0 bridgehead atoms. The largest absolute Gasteiger partial charge is 0.494 e. The van der Waals surface area contributed by atoms with Crippen molar-refractivity contribution in [1.29, 1.82) is 0 Å². The van der Waals surface area contributed by atoms with Crippen LogP contribution in [0.25, 0.3) is 0 Å². The summed E-state index contributed by atoms with van der Waals surface area (Å²) in [6.45, 7) is 4.47. The molecule has 1 aliphatic rings. The first-order valence-electron chi connectivity index (χ1n) is 11.1. The third-order valence-corrected chi connectivity index (χ3v) is 5.82. The normalized spacial score (nSPS) is 16.2. The molecule has 3 aromatic rings. The van der Waals surface area contributed by atoms with E-state index in [1.807, 2.05) is 106 Å². The van der Waals surface area contributed by atoms with Gasteiger partial charge in [0.2, 0.25) is 5.91 Å². The van der Waals surface area contributed by atoms with Gasteiger partial charge in [0.15, 0.2) is 0 Å². The van der Waals surface area contributed by atoms with Crippen molar-refractivity contribution >= 4 is 28.9 Å². The van der Waals surface area contributed by atoms with Crippen LogP contribution in [0.15, 0.2) is 72.8 Å². The van der Waals surface area contributed by atoms with Gasteiger partial charge in [-0.05, 0) is 67.9 Å². The number of aryl methyl sites for hydroxylation is 1. The summed E-state index contributed by atoms with van der Waals surface area (Å²) in [5.74, 6) is 0.455. The lowest BCUT2D eigenvalue weighted by Gasteiger charge is -2.40. The standard InChI is InChI=1S/C27H29N3O3/c1-5-33-24-16-14-23(15-17-24)30-25(31)18-29(22-10-6-19(2)7-11-22)27(32)26(30)20-8-12-21(13-9-20)28(3)4/h6-17,26H,5,18H2,1-4H3. The molecule has 0 radical (unpaired) electrons. The van der Waals surface area contributed by atoms with Crippen LogP contribution in [0.2, 0.25) is 0 Å². The molecule has 0 aliphatic carbocycles. The number of piperazine rings is 1. The maximum atomic E-state index is 13.8. The van der Waals surface area contributed by atoms with Crippen molar-refractivity contribution in [3.8, 4) is 5.75 Å². The first-order chi connectivity index (χ1) is 15.9. The van der Waals surface area contributed by atoms with E-state index in [4.69, 9.17) is 4.74 Å². The minimum atomic E-state index is -0.762. The van der Waals surface area contributed by atoms with E-state index in [0.29, 0.717) is 12.3 Å². The molecule has 33 heavy (non-hydrogen) atoms. The first kappa shape index (κ1) is 22.4. The van der Waals surface area contributed by atoms with Crippen molar-refractivity contribution in [3.05, 3.63) is 83.9 Å². The molecule has 170 valence electrons. The molecule has 1 saturated heterocycles. The zero-order valence-corrected chi connectivity index (χ0v) is 19.5. The Labute approximate surface area is 195 Å². The molecule has 1 unspecified atom stereocenters. The fourth-order valence-corrected chi connectivity index (χ4v) is 4.04. The predicted molar refractivity (Wildman–Crippen MR) is 132 cm³/mol. The lowest BCUT2D eigenvalue weighted by Crippen LogP contribution is -2.56. The van der Waals surface area contributed by atoms with Gasteiger partial charge in [-0.2, -0.15) is 0 Å². The molecule has 4 rings (SSSR count). The predicted octanol–water partition coefficient (Wildman–Crippen LogP) is 4.58. The number of rotatable bonds is 6. The van der Waals surface area contributed by atoms with E-state index in [0.717, 1.165) is 28.3 Å². The number of nitrogens with zero attached hydrogens (tertiary/aromatic N) is 3. The molecule has 0 N–H and O–H groups in total. The van der Waals surface area contributed by atoms with Crippen molar-refractivity contribution in [2.75, 3.05) is 41.9 Å². The molecule has 6 nitrogen and oxygen atoms in total. The van der Waals surface area contributed by atoms with Gasteiger partial charge in [-0.3, -0.25) is 14.5 Å². The zero-order valence-electron chi connectivity index (χ0n) is 19.5. The molecule has 1 heterocycles. The molecule has 3 aromatic carbocycles. The molecule has 0 aromatic heterocycles. The van der Waals surface area contributed by atoms with E-state index in [-0.39, 0.29) is 18.4 Å². The molecule has 1 aliphatic heterocycles. The van der Waals surface area contributed by atoms with Crippen LogP contribution in [0.3, 0.4) is 0 Å². The Kier molecular flexibility index (Phi) is 6.36. The van der Waals surface area contributed by atoms with Gasteiger partial charge in [-0.25, -0.2) is 0 Å². The van der Waals surface area contributed by atoms with Crippen LogP contribution in [0.1, 0.15) is 24.1 Å². The van der Waals surface area contributed by atoms with Crippen LogP contribution in [0.4, 0.5) is 17.1 Å². The average molecular weight is 444 g/mol. The highest BCUT2D eigenvalue weighted by Crippen LogP contribution is 2.35. The Bertz CT molecular complexity index is 1120. The third kappa shape index (κ3) is 4.55. The molecule has 0 spiro atoms. The Hall–Kier alpha value is -3.80. The summed E-state index contributed by atoms with van der Waals surface area (Å²) in [5.41, 5.74) is 4.28. The van der Waals surface area contributed by atoms with Crippen LogP contribution in [0.5, 0.6) is 5.75 Å². The molecule has 0 saturated carbocycles. The minimum Gasteiger partial charge on any atom is -0.494 e. The summed E-state index contributed by atoms with van der Waals surface area (Å²) in [5, 5.41) is 0. The summed E-state index contributed by atoms with van der Waals surface area (Å²) in [7, 11) is 3.94. The van der Waals surface area contributed by atoms with E-state index in [1.54, 1.807) is 9.80 Å². The van der Waals surface area contributed by atoms with E-state index in [2.05, 4.69) is 0 Å². The third-order valence-electron chi connectivity index (χ3n) is 5.82. The Morgan fingerprint density at radius 3 is 2.06 bits per heavy atom. The van der Waals surface area contributed by atoms with Crippen molar-refractivity contribution < 1.29 is 14.3 Å². The van der Waals surface area contributed by atoms with Crippen molar-refractivity contribution in [2.45, 2.75) is 19.9 Å². The first-order valence-corrected chi connectivity index (χ1v) is 11.1. The van der Waals surface area contributed by atoms with Crippen LogP contribution in [0, 0.1) is 6.92 Å². The number of carbonyl (C=O) groups excluding carboxylic acids is 2. The van der Waals surface area contributed by atoms with Gasteiger partial charge in [0.1, 0.15) is 18.3 Å². The summed E-state index contributed by atoms with van der Waals surface area (Å²) in [6.07, 6.45) is 0. The van der Waals surface area contributed by atoms with Gasteiger partial charge in [0.25, 0.3) is 5.91 Å². The van der Waals surface area contributed by atoms with E-state index in [9.17, 15) is 9.59 Å². The highest BCUT2D eigenvalue weighted by atomic mass is 16.5. The number of carbonyl (C=O) groups is 2. The van der Waals surface area contributed by atoms with Gasteiger partial charge in [-0.15, -0.1) is 0 Å². The number of amides is 2. The van der Waals surface area contributed by atoms with Crippen LogP contribution < -0.4 is 19.4 Å². The summed E-state index contributed by atoms with van der Waals surface area (Å²) >= 11 is 0. The van der Waals surface area contributed by atoms with Crippen molar-refractivity contribution in [1.82, 2.24) is 0 Å². The fourth-order valence-electron chi connectivity index (χ4n) is 4.04. The highest BCUT2D eigenvalue weighted by molar-refractivity contribution is 6.14. The van der Waals surface area contributed by atoms with Crippen molar-refractivity contribution in [3.63, 3.8) is 0 Å². The molecule has 2 amide bonds. The zero-order chi connectivity index (χ0) is 23.5. The summed E-state index contributed by atoms with van der Waals surface area (Å²) < 4.78 is 5.54. The Morgan fingerprint density at radius 1 is 0.879 bits per heavy atom. The number of benzene rings is 3. The molecule has 1 fully saturated rings. The van der Waals surface area contributed by atoms with Gasteiger partial charge in [0.05, 0.1) is 6.61 Å². The van der Waals surface area contributed by atoms with Crippen LogP contribution in [-0.4, -0.2) is 39.1 Å². The van der Waals surface area contributed by atoms with Gasteiger partial charge >= 0.3 is 0 Å². The van der Waals surface area contributed by atoms with Gasteiger partial charge in [-0.1, -0.05) is 29.8 Å². The van der Waals surface area contributed by atoms with Crippen LogP contribution >= 0.6 is 0 Å². The minimum absolute atomic E-state index is 0.0125. The molecule has 1 atom stereocenters. The monoisotopic (exact) mass is 443 g/mol. The average Bonchev–Trinajstić information content (AvgIpc) is 2.81. The van der Waals surface area contributed by atoms with E-state index < -0.39 is 6.04 Å². The number of ether oxygens (including phenoxy) is 1.